The third-order valence-electron chi connectivity index (χ3n) is 3.14. The number of thioether (sulfide) groups is 1. The second-order valence-electron chi connectivity index (χ2n) is 4.93. The molecule has 1 amide bonds. The quantitative estimate of drug-likeness (QED) is 0.622. The van der Waals surface area contributed by atoms with Crippen LogP contribution in [0, 0.1) is 6.92 Å². The van der Waals surface area contributed by atoms with E-state index < -0.39 is 0 Å². The first-order valence-corrected chi connectivity index (χ1v) is 8.73. The Bertz CT molecular complexity index is 652. The fourth-order valence-corrected chi connectivity index (χ4v) is 3.80. The lowest BCUT2D eigenvalue weighted by Gasteiger charge is -2.36. The summed E-state index contributed by atoms with van der Waals surface area (Å²) in [5.41, 5.74) is 0. The highest BCUT2D eigenvalue weighted by Gasteiger charge is 2.33. The molecule has 3 rings (SSSR count). The Morgan fingerprint density at radius 3 is 3.00 bits per heavy atom. The van der Waals surface area contributed by atoms with E-state index in [9.17, 15) is 4.79 Å². The van der Waals surface area contributed by atoms with Crippen LogP contribution in [0.1, 0.15) is 24.6 Å². The molecule has 8 nitrogen and oxygen atoms in total. The standard InChI is InChI=1S/C12H16N6O2S2/c1-3-21-12-16-15-11(22-12)14-9(19)6-18-4-8(5-18)10-13-7(2)17-20-10/h8H,3-6H2,1-2H3,(H,14,15,19). The molecule has 0 radical (unpaired) electrons. The lowest BCUT2D eigenvalue weighted by molar-refractivity contribution is -0.118. The van der Waals surface area contributed by atoms with E-state index in [1.807, 2.05) is 4.90 Å². The molecule has 1 fully saturated rings. The molecular formula is C12H16N6O2S2. The summed E-state index contributed by atoms with van der Waals surface area (Å²) in [6.07, 6.45) is 0. The molecule has 0 atom stereocenters. The van der Waals surface area contributed by atoms with E-state index in [0.717, 1.165) is 23.2 Å². The summed E-state index contributed by atoms with van der Waals surface area (Å²) < 4.78 is 6.00. The Hall–Kier alpha value is -1.52. The van der Waals surface area contributed by atoms with Crippen molar-refractivity contribution in [3.05, 3.63) is 11.7 Å². The number of amides is 1. The van der Waals surface area contributed by atoms with Gasteiger partial charge in [-0.1, -0.05) is 35.2 Å². The predicted molar refractivity (Wildman–Crippen MR) is 83.2 cm³/mol. The van der Waals surface area contributed by atoms with Crippen LogP contribution >= 0.6 is 23.1 Å². The molecule has 118 valence electrons. The van der Waals surface area contributed by atoms with Gasteiger partial charge in [-0.05, 0) is 12.7 Å². The number of likely N-dealkylation sites (tertiary alicyclic amines) is 1. The van der Waals surface area contributed by atoms with E-state index in [1.54, 1.807) is 18.7 Å². The summed E-state index contributed by atoms with van der Waals surface area (Å²) >= 11 is 3.01. The van der Waals surface area contributed by atoms with Crippen molar-refractivity contribution in [2.75, 3.05) is 30.7 Å². The Morgan fingerprint density at radius 1 is 1.50 bits per heavy atom. The largest absolute Gasteiger partial charge is 0.339 e. The monoisotopic (exact) mass is 340 g/mol. The first-order chi connectivity index (χ1) is 10.6. The highest BCUT2D eigenvalue weighted by atomic mass is 32.2. The summed E-state index contributed by atoms with van der Waals surface area (Å²) in [4.78, 5) is 18.2. The van der Waals surface area contributed by atoms with Crippen molar-refractivity contribution in [2.24, 2.45) is 0 Å². The number of nitrogens with one attached hydrogen (secondary N) is 1. The van der Waals surface area contributed by atoms with Crippen molar-refractivity contribution < 1.29 is 9.32 Å². The van der Waals surface area contributed by atoms with Crippen molar-refractivity contribution in [1.82, 2.24) is 25.2 Å². The Kier molecular flexibility index (Phi) is 4.69. The van der Waals surface area contributed by atoms with Gasteiger partial charge in [0.15, 0.2) is 10.2 Å². The Labute approximate surface area is 135 Å². The predicted octanol–water partition coefficient (Wildman–Crippen LogP) is 1.38. The number of nitrogens with zero attached hydrogens (tertiary/aromatic N) is 5. The highest BCUT2D eigenvalue weighted by Crippen LogP contribution is 2.26. The number of hydrogen-bond donors (Lipinski definition) is 1. The van der Waals surface area contributed by atoms with Crippen LogP contribution in [0.3, 0.4) is 0 Å². The van der Waals surface area contributed by atoms with Crippen LogP contribution in [0.15, 0.2) is 8.86 Å². The minimum atomic E-state index is -0.0793. The molecule has 2 aromatic heterocycles. The fourth-order valence-electron chi connectivity index (χ4n) is 2.14. The lowest BCUT2D eigenvalue weighted by Crippen LogP contribution is -2.48. The van der Waals surface area contributed by atoms with Gasteiger partial charge in [0.25, 0.3) is 0 Å². The van der Waals surface area contributed by atoms with Gasteiger partial charge >= 0.3 is 0 Å². The second kappa shape index (κ2) is 6.71. The number of aryl methyl sites for hydroxylation is 1. The van der Waals surface area contributed by atoms with Crippen molar-refractivity contribution in [1.29, 1.82) is 0 Å². The van der Waals surface area contributed by atoms with Crippen LogP contribution in [0.25, 0.3) is 0 Å². The average molecular weight is 340 g/mol. The summed E-state index contributed by atoms with van der Waals surface area (Å²) in [7, 11) is 0. The van der Waals surface area contributed by atoms with Crippen molar-refractivity contribution in [3.8, 4) is 0 Å². The van der Waals surface area contributed by atoms with Crippen LogP contribution in [0.4, 0.5) is 5.13 Å². The molecule has 0 aliphatic carbocycles. The van der Waals surface area contributed by atoms with Crippen LogP contribution in [-0.4, -0.2) is 56.5 Å². The second-order valence-corrected chi connectivity index (χ2v) is 7.41. The van der Waals surface area contributed by atoms with Crippen molar-refractivity contribution in [3.63, 3.8) is 0 Å². The van der Waals surface area contributed by atoms with E-state index in [-0.39, 0.29) is 11.8 Å². The third kappa shape index (κ3) is 3.62. The minimum absolute atomic E-state index is 0.0793. The van der Waals surface area contributed by atoms with Gasteiger partial charge in [0.05, 0.1) is 12.5 Å². The number of rotatable bonds is 6. The van der Waals surface area contributed by atoms with Crippen LogP contribution in [-0.2, 0) is 4.79 Å². The number of anilines is 1. The van der Waals surface area contributed by atoms with Crippen LogP contribution in [0.5, 0.6) is 0 Å². The maximum atomic E-state index is 12.0. The van der Waals surface area contributed by atoms with Crippen molar-refractivity contribution >= 4 is 34.1 Å². The summed E-state index contributed by atoms with van der Waals surface area (Å²) in [6, 6.07) is 0. The smallest absolute Gasteiger partial charge is 0.240 e. The van der Waals surface area contributed by atoms with Gasteiger partial charge in [-0.25, -0.2) is 0 Å². The molecule has 0 unspecified atom stereocenters. The molecule has 0 saturated carbocycles. The SMILES string of the molecule is CCSc1nnc(NC(=O)CN2CC(c3nc(C)no3)C2)s1. The highest BCUT2D eigenvalue weighted by molar-refractivity contribution is 8.01. The van der Waals surface area contributed by atoms with E-state index in [4.69, 9.17) is 4.52 Å². The van der Waals surface area contributed by atoms with E-state index >= 15 is 0 Å². The molecule has 22 heavy (non-hydrogen) atoms. The zero-order valence-electron chi connectivity index (χ0n) is 12.3. The molecule has 0 spiro atoms. The van der Waals surface area contributed by atoms with Crippen LogP contribution in [0.2, 0.25) is 0 Å². The van der Waals surface area contributed by atoms with Gasteiger partial charge in [-0.3, -0.25) is 15.0 Å². The average Bonchev–Trinajstić information content (AvgIpc) is 3.03. The maximum Gasteiger partial charge on any atom is 0.240 e. The van der Waals surface area contributed by atoms with E-state index in [0.29, 0.717) is 23.4 Å². The molecule has 0 bridgehead atoms. The molecular weight excluding hydrogens is 324 g/mol. The zero-order chi connectivity index (χ0) is 15.5. The van der Waals surface area contributed by atoms with Gasteiger partial charge in [-0.15, -0.1) is 10.2 Å². The minimum Gasteiger partial charge on any atom is -0.339 e. The molecule has 0 aromatic carbocycles. The lowest BCUT2D eigenvalue weighted by atomic mass is 10.0. The molecule has 1 aliphatic heterocycles. The maximum absolute atomic E-state index is 12.0. The molecule has 1 saturated heterocycles. The number of aromatic nitrogens is 4. The Morgan fingerprint density at radius 2 is 2.32 bits per heavy atom. The molecule has 10 heteroatoms. The number of hydrogen-bond acceptors (Lipinski definition) is 9. The van der Waals surface area contributed by atoms with Gasteiger partial charge in [0.1, 0.15) is 0 Å². The third-order valence-corrected chi connectivity index (χ3v) is 4.99. The summed E-state index contributed by atoms with van der Waals surface area (Å²) in [6.45, 7) is 5.68. The molecule has 1 aliphatic rings. The van der Waals surface area contributed by atoms with E-state index in [1.165, 1.54) is 11.3 Å². The number of carbonyl (C=O) groups excluding carboxylic acids is 1. The van der Waals surface area contributed by atoms with E-state index in [2.05, 4.69) is 32.6 Å². The summed E-state index contributed by atoms with van der Waals surface area (Å²) in [5, 5.41) is 15.1. The van der Waals surface area contributed by atoms with Gasteiger partial charge < -0.3 is 4.52 Å². The topological polar surface area (TPSA) is 97.0 Å². The zero-order valence-corrected chi connectivity index (χ0v) is 13.9. The normalized spacial score (nSPS) is 15.7. The van der Waals surface area contributed by atoms with Crippen molar-refractivity contribution in [2.45, 2.75) is 24.1 Å². The van der Waals surface area contributed by atoms with Gasteiger partial charge in [0, 0.05) is 13.1 Å². The Balaban J connectivity index is 1.43. The first kappa shape index (κ1) is 15.4. The number of carbonyl (C=O) groups is 1. The summed E-state index contributed by atoms with van der Waals surface area (Å²) in [5.74, 6) is 2.38. The fraction of sp³-hybridized carbons (Fsp3) is 0.583. The van der Waals surface area contributed by atoms with Crippen LogP contribution < -0.4 is 5.32 Å². The first-order valence-electron chi connectivity index (χ1n) is 6.92. The molecule has 3 heterocycles. The molecule has 1 N–H and O–H groups in total. The van der Waals surface area contributed by atoms with Gasteiger partial charge in [-0.2, -0.15) is 4.98 Å². The molecule has 2 aromatic rings. The van der Waals surface area contributed by atoms with Gasteiger partial charge in [0.2, 0.25) is 16.9 Å².